The van der Waals surface area contributed by atoms with Crippen LogP contribution < -0.4 is 9.50 Å². The number of rotatable bonds is 16. The predicted octanol–water partition coefficient (Wildman–Crippen LogP) is 4.90. The highest BCUT2D eigenvalue weighted by Crippen LogP contribution is 2.23. The van der Waals surface area contributed by atoms with Gasteiger partial charge in [-0.1, -0.05) is 71.6 Å². The molecule has 0 aliphatic rings. The van der Waals surface area contributed by atoms with Crippen molar-refractivity contribution in [2.75, 3.05) is 6.26 Å². The van der Waals surface area contributed by atoms with E-state index in [4.69, 9.17) is 8.60 Å². The summed E-state index contributed by atoms with van der Waals surface area (Å²) in [6.45, 7) is 4.40. The van der Waals surface area contributed by atoms with E-state index in [1.165, 1.54) is 57.1 Å². The molecule has 0 bridgehead atoms. The molecule has 1 aromatic rings. The van der Waals surface area contributed by atoms with Gasteiger partial charge in [-0.15, -0.1) is 0 Å². The van der Waals surface area contributed by atoms with Crippen molar-refractivity contribution < 1.29 is 22.1 Å². The lowest BCUT2D eigenvalue weighted by Gasteiger charge is -2.22. The highest BCUT2D eigenvalue weighted by molar-refractivity contribution is 7.86. The zero-order valence-corrected chi connectivity index (χ0v) is 17.9. The molecule has 27 heavy (non-hydrogen) atoms. The Hall–Kier alpha value is -1.05. The van der Waals surface area contributed by atoms with Gasteiger partial charge in [0.25, 0.3) is 0 Å². The fraction of sp³-hybridized carbons (Fsp3) is 0.800. The quantitative estimate of drug-likeness (QED) is 0.232. The van der Waals surface area contributed by atoms with Crippen LogP contribution in [0.2, 0.25) is 0 Å². The summed E-state index contributed by atoms with van der Waals surface area (Å²) in [5, 5.41) is 13.7. The van der Waals surface area contributed by atoms with E-state index in [-0.39, 0.29) is 17.7 Å². The number of nitrogens with one attached hydrogen (secondary N) is 1. The number of unbranched alkanes of at least 4 members (excludes halogenated alkanes) is 7. The molecule has 2 atom stereocenters. The van der Waals surface area contributed by atoms with Gasteiger partial charge < -0.3 is 13.7 Å². The van der Waals surface area contributed by atoms with Crippen molar-refractivity contribution in [3.8, 4) is 5.95 Å². The third kappa shape index (κ3) is 11.4. The summed E-state index contributed by atoms with van der Waals surface area (Å²) in [6.07, 6.45) is 12.9. The van der Waals surface area contributed by atoms with Gasteiger partial charge in [0, 0.05) is 12.1 Å². The van der Waals surface area contributed by atoms with Crippen LogP contribution in [0.1, 0.15) is 96.5 Å². The second kappa shape index (κ2) is 13.2. The summed E-state index contributed by atoms with van der Waals surface area (Å²) in [5.74, 6) is 0.130. The molecule has 0 saturated carbocycles. The summed E-state index contributed by atoms with van der Waals surface area (Å²) < 4.78 is 32.3. The second-order valence-electron chi connectivity index (χ2n) is 7.26. The Bertz CT molecular complexity index is 599. The lowest BCUT2D eigenvalue weighted by atomic mass is 10.0. The fourth-order valence-corrected chi connectivity index (χ4v) is 3.49. The molecule has 0 amide bonds. The first-order valence-corrected chi connectivity index (χ1v) is 12.1. The smallest absolute Gasteiger partial charge is 0.308 e. The molecule has 7 heteroatoms. The molecule has 6 nitrogen and oxygen atoms in total. The molecule has 0 aromatic carbocycles. The predicted molar refractivity (Wildman–Crippen MR) is 108 cm³/mol. The Kier molecular flexibility index (Phi) is 11.7. The van der Waals surface area contributed by atoms with Crippen LogP contribution in [0.3, 0.4) is 0 Å². The maximum atomic E-state index is 11.2. The lowest BCUT2D eigenvalue weighted by Crippen LogP contribution is -2.32. The van der Waals surface area contributed by atoms with E-state index in [1.807, 2.05) is 0 Å². The van der Waals surface area contributed by atoms with Gasteiger partial charge in [0.05, 0.1) is 6.26 Å². The van der Waals surface area contributed by atoms with E-state index in [1.54, 1.807) is 0 Å². The minimum absolute atomic E-state index is 0.132. The van der Waals surface area contributed by atoms with Gasteiger partial charge in [0.1, 0.15) is 0 Å². The highest BCUT2D eigenvalue weighted by atomic mass is 32.2. The van der Waals surface area contributed by atoms with Crippen molar-refractivity contribution in [1.82, 2.24) is 5.32 Å². The van der Waals surface area contributed by atoms with Crippen LogP contribution >= 0.6 is 0 Å². The minimum atomic E-state index is -3.65. The molecule has 0 aliphatic heterocycles. The molecule has 0 fully saturated rings. The molecule has 0 aliphatic carbocycles. The summed E-state index contributed by atoms with van der Waals surface area (Å²) in [7, 11) is -3.65. The van der Waals surface area contributed by atoms with E-state index >= 15 is 0 Å². The van der Waals surface area contributed by atoms with Gasteiger partial charge in [-0.2, -0.15) is 8.42 Å². The first-order chi connectivity index (χ1) is 12.9. The van der Waals surface area contributed by atoms with Crippen LogP contribution in [0.5, 0.6) is 5.95 Å². The maximum Gasteiger partial charge on any atom is 0.308 e. The van der Waals surface area contributed by atoms with Crippen LogP contribution in [0.4, 0.5) is 0 Å². The van der Waals surface area contributed by atoms with Crippen LogP contribution in [0, 0.1) is 0 Å². The molecule has 1 aromatic heterocycles. The molecule has 158 valence electrons. The van der Waals surface area contributed by atoms with Gasteiger partial charge in [-0.3, -0.25) is 5.32 Å². The topological polar surface area (TPSA) is 88.8 Å². The molecule has 0 radical (unpaired) electrons. The van der Waals surface area contributed by atoms with Crippen LogP contribution in [-0.4, -0.2) is 25.8 Å². The maximum absolute atomic E-state index is 11.2. The van der Waals surface area contributed by atoms with Gasteiger partial charge in [-0.05, 0) is 18.9 Å². The van der Waals surface area contributed by atoms with Gasteiger partial charge in [0.15, 0.2) is 12.0 Å². The summed E-state index contributed by atoms with van der Waals surface area (Å²) in [5.41, 5.74) is 0. The zero-order valence-electron chi connectivity index (χ0n) is 17.1. The van der Waals surface area contributed by atoms with Gasteiger partial charge in [0.2, 0.25) is 0 Å². The standard InChI is InChI=1S/C20H37NO5S/c1-4-6-8-10-12-14-17(13-11-9-7-5-2)21-20(22)18-15-16-19(25-18)26-27(3,23)24/h15-17,20-22H,4-14H2,1-3H3. The second-order valence-corrected chi connectivity index (χ2v) is 8.84. The lowest BCUT2D eigenvalue weighted by molar-refractivity contribution is 0.0923. The van der Waals surface area contributed by atoms with E-state index in [0.717, 1.165) is 31.9 Å². The largest absolute Gasteiger partial charge is 0.426 e. The molecule has 2 unspecified atom stereocenters. The van der Waals surface area contributed by atoms with Gasteiger partial charge in [-0.25, -0.2) is 0 Å². The highest BCUT2D eigenvalue weighted by Gasteiger charge is 2.19. The number of hydrogen-bond acceptors (Lipinski definition) is 6. The monoisotopic (exact) mass is 403 g/mol. The molecule has 1 rings (SSSR count). The molecule has 2 N–H and O–H groups in total. The van der Waals surface area contributed by atoms with Crippen LogP contribution in [-0.2, 0) is 10.1 Å². The third-order valence-electron chi connectivity index (χ3n) is 4.56. The Morgan fingerprint density at radius 1 is 1.00 bits per heavy atom. The average molecular weight is 404 g/mol. The van der Waals surface area contributed by atoms with Crippen molar-refractivity contribution >= 4 is 10.1 Å². The first kappa shape index (κ1) is 24.0. The first-order valence-electron chi connectivity index (χ1n) is 10.3. The van der Waals surface area contributed by atoms with Crippen molar-refractivity contribution in [3.63, 3.8) is 0 Å². The van der Waals surface area contributed by atoms with Crippen LogP contribution in [0.25, 0.3) is 0 Å². The van der Waals surface area contributed by atoms with E-state index in [0.29, 0.717) is 0 Å². The van der Waals surface area contributed by atoms with E-state index < -0.39 is 16.3 Å². The molecule has 0 saturated heterocycles. The number of aliphatic hydroxyl groups excluding tert-OH is 1. The van der Waals surface area contributed by atoms with Crippen molar-refractivity contribution in [2.24, 2.45) is 0 Å². The van der Waals surface area contributed by atoms with Crippen molar-refractivity contribution in [2.45, 2.75) is 96.7 Å². The summed E-state index contributed by atoms with van der Waals surface area (Å²) >= 11 is 0. The third-order valence-corrected chi connectivity index (χ3v) is 5.03. The molecular weight excluding hydrogens is 366 g/mol. The zero-order chi connectivity index (χ0) is 20.1. The number of furan rings is 1. The Balaban J connectivity index is 2.54. The minimum Gasteiger partial charge on any atom is -0.426 e. The SMILES string of the molecule is CCCCCCCC(CCCCCC)NC(O)c1ccc(OS(C)(=O)=O)o1. The molecule has 1 heterocycles. The van der Waals surface area contributed by atoms with E-state index in [9.17, 15) is 13.5 Å². The van der Waals surface area contributed by atoms with Crippen molar-refractivity contribution in [3.05, 3.63) is 17.9 Å². The number of aliphatic hydroxyl groups is 1. The molecular formula is C20H37NO5S. The van der Waals surface area contributed by atoms with Crippen LogP contribution in [0.15, 0.2) is 16.5 Å². The average Bonchev–Trinajstić information content (AvgIpc) is 3.04. The Labute approximate surface area is 164 Å². The Morgan fingerprint density at radius 2 is 1.56 bits per heavy atom. The number of hydrogen-bond donors (Lipinski definition) is 2. The normalized spacial score (nSPS) is 14.2. The summed E-state index contributed by atoms with van der Waals surface area (Å²) in [4.78, 5) is 0. The Morgan fingerprint density at radius 3 is 2.11 bits per heavy atom. The summed E-state index contributed by atoms with van der Waals surface area (Å²) in [6, 6.07) is 3.15. The fourth-order valence-electron chi connectivity index (χ4n) is 3.10. The van der Waals surface area contributed by atoms with E-state index in [2.05, 4.69) is 19.2 Å². The molecule has 0 spiro atoms. The van der Waals surface area contributed by atoms with Crippen molar-refractivity contribution in [1.29, 1.82) is 0 Å². The van der Waals surface area contributed by atoms with Gasteiger partial charge >= 0.3 is 16.1 Å².